The van der Waals surface area contributed by atoms with Crippen molar-refractivity contribution in [1.82, 2.24) is 5.32 Å². The van der Waals surface area contributed by atoms with Gasteiger partial charge in [0.25, 0.3) is 0 Å². The summed E-state index contributed by atoms with van der Waals surface area (Å²) in [5.41, 5.74) is 2.71. The standard InChI is InChI=1S/C16H24N2S/c1-12(2)15-8-10-19-16(18-15)17-9-7-14-6-4-5-13(3)11-14/h4-6,11-12,15H,7-10H2,1-3H3,(H,17,18). The van der Waals surface area contributed by atoms with E-state index in [4.69, 9.17) is 4.99 Å². The van der Waals surface area contributed by atoms with Crippen LogP contribution in [0.1, 0.15) is 31.4 Å². The molecule has 0 aromatic heterocycles. The van der Waals surface area contributed by atoms with Crippen LogP contribution in [-0.2, 0) is 6.42 Å². The Kier molecular flexibility index (Phi) is 5.32. The van der Waals surface area contributed by atoms with Crippen molar-refractivity contribution in [1.29, 1.82) is 0 Å². The predicted molar refractivity (Wildman–Crippen MR) is 86.0 cm³/mol. The highest BCUT2D eigenvalue weighted by Crippen LogP contribution is 2.18. The number of thioether (sulfide) groups is 1. The van der Waals surface area contributed by atoms with Gasteiger partial charge in [0.15, 0.2) is 5.17 Å². The topological polar surface area (TPSA) is 24.4 Å². The van der Waals surface area contributed by atoms with E-state index in [0.29, 0.717) is 12.0 Å². The number of hydrogen-bond acceptors (Lipinski definition) is 2. The highest BCUT2D eigenvalue weighted by Gasteiger charge is 2.19. The van der Waals surface area contributed by atoms with Crippen LogP contribution in [0.4, 0.5) is 0 Å². The number of benzene rings is 1. The van der Waals surface area contributed by atoms with Crippen LogP contribution in [0, 0.1) is 12.8 Å². The lowest BCUT2D eigenvalue weighted by atomic mass is 10.0. The molecule has 3 heteroatoms. The molecule has 1 heterocycles. The zero-order valence-electron chi connectivity index (χ0n) is 12.1. The summed E-state index contributed by atoms with van der Waals surface area (Å²) in [7, 11) is 0. The highest BCUT2D eigenvalue weighted by molar-refractivity contribution is 8.13. The molecule has 1 aliphatic heterocycles. The molecule has 19 heavy (non-hydrogen) atoms. The Hall–Kier alpha value is -0.960. The van der Waals surface area contributed by atoms with Gasteiger partial charge in [-0.05, 0) is 31.2 Å². The molecule has 1 aromatic carbocycles. The summed E-state index contributed by atoms with van der Waals surface area (Å²) in [4.78, 5) is 4.71. The maximum absolute atomic E-state index is 4.71. The van der Waals surface area contributed by atoms with Gasteiger partial charge in [0.1, 0.15) is 0 Å². The average Bonchev–Trinajstić information content (AvgIpc) is 2.39. The molecule has 104 valence electrons. The Morgan fingerprint density at radius 3 is 3.00 bits per heavy atom. The first-order chi connectivity index (χ1) is 9.15. The van der Waals surface area contributed by atoms with E-state index in [1.165, 1.54) is 23.3 Å². The van der Waals surface area contributed by atoms with Crippen molar-refractivity contribution in [2.24, 2.45) is 10.9 Å². The first kappa shape index (κ1) is 14.4. The molecule has 0 bridgehead atoms. The first-order valence-corrected chi connectivity index (χ1v) is 8.13. The Balaban J connectivity index is 1.85. The van der Waals surface area contributed by atoms with Gasteiger partial charge in [-0.1, -0.05) is 55.4 Å². The van der Waals surface area contributed by atoms with E-state index in [2.05, 4.69) is 50.4 Å². The molecule has 0 radical (unpaired) electrons. The molecule has 0 aliphatic carbocycles. The molecule has 1 fully saturated rings. The maximum atomic E-state index is 4.71. The zero-order valence-corrected chi connectivity index (χ0v) is 13.0. The summed E-state index contributed by atoms with van der Waals surface area (Å²) in [6.07, 6.45) is 2.28. The van der Waals surface area contributed by atoms with E-state index in [1.807, 2.05) is 11.8 Å². The fourth-order valence-electron chi connectivity index (χ4n) is 2.30. The maximum Gasteiger partial charge on any atom is 0.156 e. The third kappa shape index (κ3) is 4.57. The minimum absolute atomic E-state index is 0.596. The van der Waals surface area contributed by atoms with Gasteiger partial charge in [-0.15, -0.1) is 0 Å². The van der Waals surface area contributed by atoms with Gasteiger partial charge >= 0.3 is 0 Å². The molecule has 0 saturated carbocycles. The molecule has 2 rings (SSSR count). The van der Waals surface area contributed by atoms with Crippen LogP contribution in [-0.4, -0.2) is 23.5 Å². The molecule has 1 aromatic rings. The van der Waals surface area contributed by atoms with E-state index >= 15 is 0 Å². The van der Waals surface area contributed by atoms with E-state index in [-0.39, 0.29) is 0 Å². The second kappa shape index (κ2) is 6.99. The van der Waals surface area contributed by atoms with Crippen molar-refractivity contribution in [2.45, 2.75) is 39.7 Å². The Morgan fingerprint density at radius 1 is 1.42 bits per heavy atom. The van der Waals surface area contributed by atoms with Crippen molar-refractivity contribution >= 4 is 16.9 Å². The number of nitrogens with zero attached hydrogens (tertiary/aromatic N) is 1. The van der Waals surface area contributed by atoms with Gasteiger partial charge in [-0.2, -0.15) is 0 Å². The first-order valence-electron chi connectivity index (χ1n) is 7.14. The lowest BCUT2D eigenvalue weighted by Crippen LogP contribution is -2.41. The number of rotatable bonds is 4. The van der Waals surface area contributed by atoms with Crippen LogP contribution >= 0.6 is 11.8 Å². The van der Waals surface area contributed by atoms with Gasteiger partial charge in [-0.3, -0.25) is 4.99 Å². The van der Waals surface area contributed by atoms with Crippen molar-refractivity contribution in [3.8, 4) is 0 Å². The molecule has 1 N–H and O–H groups in total. The smallest absolute Gasteiger partial charge is 0.156 e. The van der Waals surface area contributed by atoms with Crippen LogP contribution < -0.4 is 5.32 Å². The van der Waals surface area contributed by atoms with Crippen molar-refractivity contribution < 1.29 is 0 Å². The van der Waals surface area contributed by atoms with E-state index in [0.717, 1.165) is 18.1 Å². The Morgan fingerprint density at radius 2 is 2.26 bits per heavy atom. The molecule has 0 spiro atoms. The van der Waals surface area contributed by atoms with Crippen LogP contribution in [0.15, 0.2) is 29.3 Å². The van der Waals surface area contributed by atoms with Crippen LogP contribution in [0.5, 0.6) is 0 Å². The van der Waals surface area contributed by atoms with Gasteiger partial charge < -0.3 is 5.32 Å². The lowest BCUT2D eigenvalue weighted by Gasteiger charge is -2.28. The van der Waals surface area contributed by atoms with Gasteiger partial charge in [-0.25, -0.2) is 0 Å². The van der Waals surface area contributed by atoms with E-state index in [1.54, 1.807) is 0 Å². The summed E-state index contributed by atoms with van der Waals surface area (Å²) in [5.74, 6) is 1.88. The van der Waals surface area contributed by atoms with Crippen LogP contribution in [0.2, 0.25) is 0 Å². The number of amidine groups is 1. The second-order valence-electron chi connectivity index (χ2n) is 5.56. The van der Waals surface area contributed by atoms with E-state index < -0.39 is 0 Å². The molecular formula is C16H24N2S. The van der Waals surface area contributed by atoms with Gasteiger partial charge in [0.2, 0.25) is 0 Å². The molecular weight excluding hydrogens is 252 g/mol. The second-order valence-corrected chi connectivity index (χ2v) is 6.64. The summed E-state index contributed by atoms with van der Waals surface area (Å²) in [6, 6.07) is 9.30. The molecule has 2 nitrogen and oxygen atoms in total. The quantitative estimate of drug-likeness (QED) is 0.908. The number of aryl methyl sites for hydroxylation is 1. The molecule has 1 atom stereocenters. The van der Waals surface area contributed by atoms with Crippen molar-refractivity contribution in [3.63, 3.8) is 0 Å². The monoisotopic (exact) mass is 276 g/mol. The fraction of sp³-hybridized carbons (Fsp3) is 0.562. The SMILES string of the molecule is Cc1cccc(CCN=C2NC(C(C)C)CCS2)c1. The Labute approximate surface area is 121 Å². The van der Waals surface area contributed by atoms with Crippen molar-refractivity contribution in [2.75, 3.05) is 12.3 Å². The van der Waals surface area contributed by atoms with Gasteiger partial charge in [0.05, 0.1) is 0 Å². The zero-order chi connectivity index (χ0) is 13.7. The highest BCUT2D eigenvalue weighted by atomic mass is 32.2. The minimum atomic E-state index is 0.596. The van der Waals surface area contributed by atoms with Gasteiger partial charge in [0, 0.05) is 18.3 Å². The number of aliphatic imine (C=N–C) groups is 1. The summed E-state index contributed by atoms with van der Waals surface area (Å²) < 4.78 is 0. The van der Waals surface area contributed by atoms with Crippen LogP contribution in [0.3, 0.4) is 0 Å². The van der Waals surface area contributed by atoms with E-state index in [9.17, 15) is 0 Å². The summed E-state index contributed by atoms with van der Waals surface area (Å²) >= 11 is 1.86. The summed E-state index contributed by atoms with van der Waals surface area (Å²) in [6.45, 7) is 7.57. The third-order valence-corrected chi connectivity index (χ3v) is 4.48. The molecule has 0 amide bonds. The largest absolute Gasteiger partial charge is 0.362 e. The number of nitrogens with one attached hydrogen (secondary N) is 1. The molecule has 1 aliphatic rings. The average molecular weight is 276 g/mol. The normalized spacial score (nSPS) is 21.7. The molecule has 1 saturated heterocycles. The Bertz CT molecular complexity index is 440. The fourth-order valence-corrected chi connectivity index (χ4v) is 3.28. The van der Waals surface area contributed by atoms with Crippen molar-refractivity contribution in [3.05, 3.63) is 35.4 Å². The third-order valence-electron chi connectivity index (χ3n) is 3.52. The van der Waals surface area contributed by atoms with Crippen LogP contribution in [0.25, 0.3) is 0 Å². The predicted octanol–water partition coefficient (Wildman–Crippen LogP) is 3.64. The minimum Gasteiger partial charge on any atom is -0.362 e. The number of hydrogen-bond donors (Lipinski definition) is 1. The summed E-state index contributed by atoms with van der Waals surface area (Å²) in [5, 5.41) is 4.70. The lowest BCUT2D eigenvalue weighted by molar-refractivity contribution is 0.442. The molecule has 1 unspecified atom stereocenters.